The first-order valence-electron chi connectivity index (χ1n) is 4.38. The lowest BCUT2D eigenvalue weighted by molar-refractivity contribution is -0.119. The summed E-state index contributed by atoms with van der Waals surface area (Å²) in [5, 5.41) is 3.16. The van der Waals surface area contributed by atoms with Crippen LogP contribution in [0.3, 0.4) is 0 Å². The number of Topliss-reactive ketones (excluding diaryl/α,β-unsaturated/α-hetero) is 1. The summed E-state index contributed by atoms with van der Waals surface area (Å²) < 4.78 is 0. The predicted octanol–water partition coefficient (Wildman–Crippen LogP) is 1.21. The minimum Gasteiger partial charge on any atom is -0.319 e. The van der Waals surface area contributed by atoms with Gasteiger partial charge in [0.1, 0.15) is 5.78 Å². The lowest BCUT2D eigenvalue weighted by Gasteiger charge is -2.36. The number of hydrogen-bond donors (Lipinski definition) is 1. The Balaban J connectivity index is 2.20. The predicted molar refractivity (Wildman–Crippen MR) is 45.4 cm³/mol. The van der Waals surface area contributed by atoms with Crippen LogP contribution in [0.15, 0.2) is 0 Å². The van der Waals surface area contributed by atoms with Crippen molar-refractivity contribution in [2.24, 2.45) is 11.8 Å². The second-order valence-electron chi connectivity index (χ2n) is 3.56. The lowest BCUT2D eigenvalue weighted by atomic mass is 9.71. The molecule has 0 aromatic heterocycles. The van der Waals surface area contributed by atoms with Crippen molar-refractivity contribution in [1.29, 1.82) is 0 Å². The van der Waals surface area contributed by atoms with Crippen LogP contribution >= 0.6 is 0 Å². The van der Waals surface area contributed by atoms with Gasteiger partial charge in [-0.1, -0.05) is 0 Å². The molecule has 0 radical (unpaired) electrons. The van der Waals surface area contributed by atoms with Gasteiger partial charge >= 0.3 is 0 Å². The fraction of sp³-hybridized carbons (Fsp3) is 0.889. The Labute approximate surface area is 68.4 Å². The number of rotatable bonds is 4. The molecule has 2 atom stereocenters. The number of ketones is 1. The Morgan fingerprint density at radius 3 is 2.45 bits per heavy atom. The fourth-order valence-corrected chi connectivity index (χ4v) is 1.81. The van der Waals surface area contributed by atoms with Crippen LogP contribution in [0.25, 0.3) is 0 Å². The average molecular weight is 155 g/mol. The molecule has 0 amide bonds. The van der Waals surface area contributed by atoms with E-state index in [0.717, 1.165) is 18.9 Å². The molecule has 11 heavy (non-hydrogen) atoms. The van der Waals surface area contributed by atoms with Gasteiger partial charge in [-0.3, -0.25) is 0 Å². The van der Waals surface area contributed by atoms with Crippen LogP contribution in [-0.2, 0) is 4.79 Å². The van der Waals surface area contributed by atoms with Crippen LogP contribution in [-0.4, -0.2) is 19.4 Å². The third kappa shape index (κ3) is 2.29. The number of hydrogen-bond acceptors (Lipinski definition) is 2. The highest BCUT2D eigenvalue weighted by Crippen LogP contribution is 2.36. The lowest BCUT2D eigenvalue weighted by Crippen LogP contribution is -2.34. The molecule has 1 fully saturated rings. The average Bonchev–Trinajstić information content (AvgIpc) is 1.93. The highest BCUT2D eigenvalue weighted by atomic mass is 16.1. The van der Waals surface area contributed by atoms with Gasteiger partial charge in [0.05, 0.1) is 0 Å². The molecule has 2 nitrogen and oxygen atoms in total. The van der Waals surface area contributed by atoms with Gasteiger partial charge < -0.3 is 10.1 Å². The molecule has 1 rings (SSSR count). The third-order valence-electron chi connectivity index (χ3n) is 2.59. The molecule has 0 spiro atoms. The van der Waals surface area contributed by atoms with Gasteiger partial charge in [-0.25, -0.2) is 0 Å². The number of carbonyl (C=O) groups excluding carboxylic acids is 1. The molecule has 0 saturated heterocycles. The summed E-state index contributed by atoms with van der Waals surface area (Å²) >= 11 is 0. The van der Waals surface area contributed by atoms with Gasteiger partial charge in [0, 0.05) is 6.42 Å². The molecule has 1 saturated carbocycles. The van der Waals surface area contributed by atoms with Gasteiger partial charge in [-0.2, -0.15) is 0 Å². The van der Waals surface area contributed by atoms with Gasteiger partial charge in [0.15, 0.2) is 0 Å². The van der Waals surface area contributed by atoms with E-state index in [1.54, 1.807) is 6.92 Å². The molecule has 1 aliphatic carbocycles. The standard InChI is InChI=1S/C9H17NO/c1-7(11)5-8-3-4-9(8)6-10-2/h8-10H,3-6H2,1-2H3/t8-,9+/m1/s1. The Morgan fingerprint density at radius 2 is 2.09 bits per heavy atom. The normalized spacial score (nSPS) is 29.6. The largest absolute Gasteiger partial charge is 0.319 e. The molecule has 64 valence electrons. The maximum Gasteiger partial charge on any atom is 0.130 e. The highest BCUT2D eigenvalue weighted by Gasteiger charge is 2.30. The molecule has 0 aliphatic heterocycles. The molecule has 0 aromatic rings. The van der Waals surface area contributed by atoms with Crippen molar-refractivity contribution in [2.75, 3.05) is 13.6 Å². The second-order valence-corrected chi connectivity index (χ2v) is 3.56. The van der Waals surface area contributed by atoms with E-state index < -0.39 is 0 Å². The van der Waals surface area contributed by atoms with Crippen molar-refractivity contribution >= 4 is 5.78 Å². The summed E-state index contributed by atoms with van der Waals surface area (Å²) in [6, 6.07) is 0. The van der Waals surface area contributed by atoms with E-state index in [1.807, 2.05) is 7.05 Å². The van der Waals surface area contributed by atoms with E-state index in [0.29, 0.717) is 11.7 Å². The topological polar surface area (TPSA) is 29.1 Å². The van der Waals surface area contributed by atoms with Crippen LogP contribution in [0.4, 0.5) is 0 Å². The molecule has 0 heterocycles. The van der Waals surface area contributed by atoms with Crippen molar-refractivity contribution in [3.05, 3.63) is 0 Å². The van der Waals surface area contributed by atoms with E-state index in [4.69, 9.17) is 0 Å². The van der Waals surface area contributed by atoms with Gasteiger partial charge in [0.25, 0.3) is 0 Å². The Kier molecular flexibility index (Phi) is 3.06. The molecule has 2 heteroatoms. The maximum atomic E-state index is 10.8. The van der Waals surface area contributed by atoms with E-state index in [2.05, 4.69) is 5.32 Å². The second kappa shape index (κ2) is 3.86. The van der Waals surface area contributed by atoms with Gasteiger partial charge in [-0.05, 0) is 45.2 Å². The summed E-state index contributed by atoms with van der Waals surface area (Å²) in [7, 11) is 1.98. The highest BCUT2D eigenvalue weighted by molar-refractivity contribution is 5.75. The molecule has 0 aromatic carbocycles. The van der Waals surface area contributed by atoms with Crippen molar-refractivity contribution in [1.82, 2.24) is 5.32 Å². The zero-order valence-electron chi connectivity index (χ0n) is 7.39. The van der Waals surface area contributed by atoms with Crippen molar-refractivity contribution < 1.29 is 4.79 Å². The van der Waals surface area contributed by atoms with Crippen LogP contribution in [0.2, 0.25) is 0 Å². The number of carbonyl (C=O) groups is 1. The van der Waals surface area contributed by atoms with E-state index in [1.165, 1.54) is 12.8 Å². The Hall–Kier alpha value is -0.370. The smallest absolute Gasteiger partial charge is 0.130 e. The van der Waals surface area contributed by atoms with Crippen LogP contribution in [0.5, 0.6) is 0 Å². The molecular weight excluding hydrogens is 138 g/mol. The van der Waals surface area contributed by atoms with E-state index in [-0.39, 0.29) is 0 Å². The number of nitrogens with one attached hydrogen (secondary N) is 1. The minimum atomic E-state index is 0.343. The fourth-order valence-electron chi connectivity index (χ4n) is 1.81. The van der Waals surface area contributed by atoms with E-state index in [9.17, 15) is 4.79 Å². The first kappa shape index (κ1) is 8.72. The zero-order valence-corrected chi connectivity index (χ0v) is 7.39. The minimum absolute atomic E-state index is 0.343. The van der Waals surface area contributed by atoms with Gasteiger partial charge in [0.2, 0.25) is 0 Å². The van der Waals surface area contributed by atoms with Crippen molar-refractivity contribution in [3.8, 4) is 0 Å². The molecule has 1 N–H and O–H groups in total. The summed E-state index contributed by atoms with van der Waals surface area (Å²) in [5.74, 6) is 1.79. The van der Waals surface area contributed by atoms with Crippen molar-refractivity contribution in [2.45, 2.75) is 26.2 Å². The van der Waals surface area contributed by atoms with Crippen LogP contribution in [0.1, 0.15) is 26.2 Å². The van der Waals surface area contributed by atoms with Crippen molar-refractivity contribution in [3.63, 3.8) is 0 Å². The quantitative estimate of drug-likeness (QED) is 0.661. The first-order valence-corrected chi connectivity index (χ1v) is 4.38. The SMILES string of the molecule is CNC[C@@H]1CC[C@@H]1CC(C)=O. The summed E-state index contributed by atoms with van der Waals surface area (Å²) in [5.41, 5.74) is 0. The van der Waals surface area contributed by atoms with Crippen LogP contribution < -0.4 is 5.32 Å². The third-order valence-corrected chi connectivity index (χ3v) is 2.59. The summed E-state index contributed by atoms with van der Waals surface area (Å²) in [6.07, 6.45) is 3.36. The first-order chi connectivity index (χ1) is 5.24. The summed E-state index contributed by atoms with van der Waals surface area (Å²) in [6.45, 7) is 2.77. The molecular formula is C9H17NO. The van der Waals surface area contributed by atoms with Crippen LogP contribution in [0, 0.1) is 11.8 Å². The zero-order chi connectivity index (χ0) is 8.27. The Bertz CT molecular complexity index is 144. The van der Waals surface area contributed by atoms with E-state index >= 15 is 0 Å². The molecule has 1 aliphatic rings. The molecule has 0 bridgehead atoms. The molecule has 0 unspecified atom stereocenters. The summed E-state index contributed by atoms with van der Waals surface area (Å²) in [4.78, 5) is 10.8. The monoisotopic (exact) mass is 155 g/mol. The maximum absolute atomic E-state index is 10.8. The Morgan fingerprint density at radius 1 is 1.45 bits per heavy atom. The van der Waals surface area contributed by atoms with Gasteiger partial charge in [-0.15, -0.1) is 0 Å².